The molecule has 2 saturated heterocycles. The number of hydrogen-bond acceptors (Lipinski definition) is 4. The maximum Gasteiger partial charge on any atom is 0.348 e. The fourth-order valence-corrected chi connectivity index (χ4v) is 4.51. The van der Waals surface area contributed by atoms with Gasteiger partial charge in [-0.2, -0.15) is 0 Å². The summed E-state index contributed by atoms with van der Waals surface area (Å²) >= 11 is 0. The lowest BCUT2D eigenvalue weighted by atomic mass is 9.86. The summed E-state index contributed by atoms with van der Waals surface area (Å²) in [7, 11) is 2.11. The molecule has 136 valence electrons. The SMILES string of the molecule is CN1[C@@H]2CC[C@H](OC(=O)C(O)(c3ccccc3)c3ccccc3)[C@H]1CC2. The summed E-state index contributed by atoms with van der Waals surface area (Å²) in [6, 6.07) is 19.0. The summed E-state index contributed by atoms with van der Waals surface area (Å²) in [4.78, 5) is 15.6. The third-order valence-electron chi connectivity index (χ3n) is 6.05. The smallest absolute Gasteiger partial charge is 0.348 e. The summed E-state index contributed by atoms with van der Waals surface area (Å²) in [5, 5.41) is 11.5. The van der Waals surface area contributed by atoms with Gasteiger partial charge in [-0.15, -0.1) is 0 Å². The number of aliphatic hydroxyl groups is 1. The predicted octanol–water partition coefficient (Wildman–Crippen LogP) is 3.09. The number of esters is 1. The second-order valence-corrected chi connectivity index (χ2v) is 7.43. The van der Waals surface area contributed by atoms with E-state index < -0.39 is 11.6 Å². The van der Waals surface area contributed by atoms with Crippen LogP contribution in [0.25, 0.3) is 0 Å². The van der Waals surface area contributed by atoms with Crippen molar-refractivity contribution in [1.29, 1.82) is 0 Å². The highest BCUT2D eigenvalue weighted by Crippen LogP contribution is 2.38. The zero-order valence-electron chi connectivity index (χ0n) is 15.0. The van der Waals surface area contributed by atoms with Crippen molar-refractivity contribution in [3.05, 3.63) is 71.8 Å². The summed E-state index contributed by atoms with van der Waals surface area (Å²) in [6.45, 7) is 0. The Bertz CT molecular complexity index is 722. The first-order chi connectivity index (χ1) is 12.6. The van der Waals surface area contributed by atoms with Gasteiger partial charge < -0.3 is 9.84 Å². The number of rotatable bonds is 4. The molecule has 4 heteroatoms. The van der Waals surface area contributed by atoms with Crippen LogP contribution in [0.4, 0.5) is 0 Å². The van der Waals surface area contributed by atoms with Gasteiger partial charge in [0.05, 0.1) is 0 Å². The lowest BCUT2D eigenvalue weighted by Crippen LogP contribution is -2.49. The molecule has 0 saturated carbocycles. The Labute approximate surface area is 154 Å². The van der Waals surface area contributed by atoms with Gasteiger partial charge in [0.25, 0.3) is 0 Å². The lowest BCUT2D eigenvalue weighted by molar-refractivity contribution is -0.173. The van der Waals surface area contributed by atoms with E-state index in [0.717, 1.165) is 25.7 Å². The number of hydrogen-bond donors (Lipinski definition) is 1. The van der Waals surface area contributed by atoms with Crippen LogP contribution in [0, 0.1) is 0 Å². The number of carbonyl (C=O) groups is 1. The van der Waals surface area contributed by atoms with Crippen molar-refractivity contribution in [2.24, 2.45) is 0 Å². The van der Waals surface area contributed by atoms with Gasteiger partial charge in [0, 0.05) is 12.1 Å². The summed E-state index contributed by atoms with van der Waals surface area (Å²) in [6.07, 6.45) is 3.96. The van der Waals surface area contributed by atoms with Gasteiger partial charge in [-0.1, -0.05) is 60.7 Å². The minimum Gasteiger partial charge on any atom is -0.458 e. The molecule has 26 heavy (non-hydrogen) atoms. The van der Waals surface area contributed by atoms with Crippen LogP contribution in [0.15, 0.2) is 60.7 Å². The van der Waals surface area contributed by atoms with Crippen LogP contribution >= 0.6 is 0 Å². The highest BCUT2D eigenvalue weighted by atomic mass is 16.6. The normalized spacial score (nSPS) is 25.8. The Morgan fingerprint density at radius 3 is 2.08 bits per heavy atom. The first-order valence-corrected chi connectivity index (χ1v) is 9.37. The molecule has 0 radical (unpaired) electrons. The molecule has 2 heterocycles. The maximum absolute atomic E-state index is 13.2. The van der Waals surface area contributed by atoms with Crippen molar-refractivity contribution in [3.63, 3.8) is 0 Å². The molecule has 2 aliphatic heterocycles. The first-order valence-electron chi connectivity index (χ1n) is 9.37. The lowest BCUT2D eigenvalue weighted by Gasteiger charge is -2.38. The summed E-state index contributed by atoms with van der Waals surface area (Å²) < 4.78 is 5.94. The largest absolute Gasteiger partial charge is 0.458 e. The van der Waals surface area contributed by atoms with Gasteiger partial charge in [-0.25, -0.2) is 4.79 Å². The van der Waals surface area contributed by atoms with E-state index in [4.69, 9.17) is 4.74 Å². The second-order valence-electron chi connectivity index (χ2n) is 7.43. The molecule has 0 amide bonds. The van der Waals surface area contributed by atoms with Crippen LogP contribution in [0.3, 0.4) is 0 Å². The van der Waals surface area contributed by atoms with E-state index in [2.05, 4.69) is 11.9 Å². The van der Waals surface area contributed by atoms with Crippen LogP contribution in [0.1, 0.15) is 36.8 Å². The number of fused-ring (bicyclic) bond motifs is 2. The van der Waals surface area contributed by atoms with Gasteiger partial charge in [0.1, 0.15) is 6.10 Å². The molecular weight excluding hydrogens is 326 g/mol. The molecule has 0 spiro atoms. The molecule has 2 bridgehead atoms. The molecule has 3 atom stereocenters. The van der Waals surface area contributed by atoms with Crippen LogP contribution in [0.5, 0.6) is 0 Å². The highest BCUT2D eigenvalue weighted by molar-refractivity contribution is 5.85. The Balaban J connectivity index is 1.65. The van der Waals surface area contributed by atoms with Gasteiger partial charge in [-0.3, -0.25) is 4.90 Å². The Morgan fingerprint density at radius 2 is 1.50 bits per heavy atom. The van der Waals surface area contributed by atoms with Crippen molar-refractivity contribution in [3.8, 4) is 0 Å². The van der Waals surface area contributed by atoms with Crippen molar-refractivity contribution in [2.45, 2.75) is 49.5 Å². The van der Waals surface area contributed by atoms with Gasteiger partial charge in [0.2, 0.25) is 5.60 Å². The number of piperidine rings is 1. The number of likely N-dealkylation sites (N-methyl/N-ethyl adjacent to an activating group) is 1. The molecule has 1 N–H and O–H groups in total. The van der Waals surface area contributed by atoms with E-state index in [-0.39, 0.29) is 12.1 Å². The molecule has 0 aromatic heterocycles. The van der Waals surface area contributed by atoms with E-state index >= 15 is 0 Å². The van der Waals surface area contributed by atoms with Gasteiger partial charge in [0.15, 0.2) is 0 Å². The Hall–Kier alpha value is -2.17. The van der Waals surface area contributed by atoms with E-state index in [1.165, 1.54) is 0 Å². The fourth-order valence-electron chi connectivity index (χ4n) is 4.51. The third-order valence-corrected chi connectivity index (χ3v) is 6.05. The second kappa shape index (κ2) is 6.86. The molecule has 4 nitrogen and oxygen atoms in total. The number of ether oxygens (including phenoxy) is 1. The van der Waals surface area contributed by atoms with Gasteiger partial charge in [-0.05, 0) is 43.9 Å². The highest BCUT2D eigenvalue weighted by Gasteiger charge is 2.47. The molecule has 2 aliphatic rings. The number of nitrogens with zero attached hydrogens (tertiary/aromatic N) is 1. The van der Waals surface area contributed by atoms with Gasteiger partial charge >= 0.3 is 5.97 Å². The van der Waals surface area contributed by atoms with Crippen LogP contribution in [-0.2, 0) is 15.1 Å². The van der Waals surface area contributed by atoms with Crippen molar-refractivity contribution in [1.82, 2.24) is 4.90 Å². The summed E-state index contributed by atoms with van der Waals surface area (Å²) in [5.41, 5.74) is -0.731. The van der Waals surface area contributed by atoms with E-state index in [0.29, 0.717) is 17.2 Å². The minimum absolute atomic E-state index is 0.162. The predicted molar refractivity (Wildman–Crippen MR) is 99.6 cm³/mol. The average molecular weight is 351 g/mol. The molecule has 4 rings (SSSR count). The summed E-state index contributed by atoms with van der Waals surface area (Å²) in [5.74, 6) is -0.585. The monoisotopic (exact) mass is 351 g/mol. The van der Waals surface area contributed by atoms with Crippen LogP contribution in [-0.4, -0.2) is 41.2 Å². The standard InChI is InChI=1S/C22H25NO3/c1-23-18-12-14-19(23)20(15-13-18)26-21(24)22(25,16-8-4-2-5-9-16)17-10-6-3-7-11-17/h2-11,18-20,25H,12-15H2,1H3/t18-,19+,20-/m0/s1. The molecule has 0 unspecified atom stereocenters. The van der Waals surface area contributed by atoms with Crippen molar-refractivity contribution in [2.75, 3.05) is 7.05 Å². The van der Waals surface area contributed by atoms with Crippen molar-refractivity contribution >= 4 is 5.97 Å². The fraction of sp³-hybridized carbons (Fsp3) is 0.409. The molecule has 2 aromatic carbocycles. The van der Waals surface area contributed by atoms with E-state index in [1.54, 1.807) is 24.3 Å². The van der Waals surface area contributed by atoms with E-state index in [9.17, 15) is 9.90 Å². The zero-order chi connectivity index (χ0) is 18.1. The third kappa shape index (κ3) is 2.83. The Morgan fingerprint density at radius 1 is 0.962 bits per heavy atom. The topological polar surface area (TPSA) is 49.8 Å². The maximum atomic E-state index is 13.2. The van der Waals surface area contributed by atoms with E-state index in [1.807, 2.05) is 36.4 Å². The molecule has 0 aliphatic carbocycles. The van der Waals surface area contributed by atoms with Crippen LogP contribution in [0.2, 0.25) is 0 Å². The minimum atomic E-state index is -1.80. The Kier molecular flexibility index (Phi) is 4.55. The molecule has 2 aromatic rings. The first kappa shape index (κ1) is 17.3. The quantitative estimate of drug-likeness (QED) is 0.860. The molecular formula is C22H25NO3. The number of carbonyl (C=O) groups excluding carboxylic acids is 1. The molecule has 2 fully saturated rings. The van der Waals surface area contributed by atoms with Crippen LogP contribution < -0.4 is 0 Å². The van der Waals surface area contributed by atoms with Crippen molar-refractivity contribution < 1.29 is 14.6 Å². The number of benzene rings is 2. The zero-order valence-corrected chi connectivity index (χ0v) is 15.0. The average Bonchev–Trinajstić information content (AvgIpc) is 2.92.